The van der Waals surface area contributed by atoms with Crippen molar-refractivity contribution in [2.45, 2.75) is 44.9 Å². The molecule has 0 amide bonds. The zero-order valence-electron chi connectivity index (χ0n) is 13.1. The van der Waals surface area contributed by atoms with Gasteiger partial charge in [0.1, 0.15) is 17.5 Å². The Balaban J connectivity index is 1.57. The Kier molecular flexibility index (Phi) is 4.91. The van der Waals surface area contributed by atoms with E-state index in [-0.39, 0.29) is 0 Å². The van der Waals surface area contributed by atoms with E-state index in [9.17, 15) is 0 Å². The normalized spacial score (nSPS) is 18.9. The molecule has 2 N–H and O–H groups in total. The van der Waals surface area contributed by atoms with Gasteiger partial charge in [-0.1, -0.05) is 6.92 Å². The molecule has 0 radical (unpaired) electrons. The highest BCUT2D eigenvalue weighted by molar-refractivity contribution is 5.48. The van der Waals surface area contributed by atoms with Gasteiger partial charge in [-0.05, 0) is 45.2 Å². The number of likely N-dealkylation sites (tertiary alicyclic amines) is 1. The Morgan fingerprint density at radius 2 is 1.76 bits per heavy atom. The first-order chi connectivity index (χ1) is 10.3. The minimum Gasteiger partial charge on any atom is -0.370 e. The van der Waals surface area contributed by atoms with E-state index >= 15 is 0 Å². The van der Waals surface area contributed by atoms with Crippen LogP contribution in [0.4, 0.5) is 11.6 Å². The third-order valence-electron chi connectivity index (χ3n) is 4.17. The standard InChI is InChI=1S/C16H27N5/c1-2-7-17-14-12-15(20-16(19-14)13-5-6-13)18-8-11-21-9-3-4-10-21/h12-13H,2-11H2,1H3,(H2,17,18,19,20). The number of anilines is 2. The van der Waals surface area contributed by atoms with Crippen LogP contribution >= 0.6 is 0 Å². The fourth-order valence-electron chi connectivity index (χ4n) is 2.77. The maximum absolute atomic E-state index is 4.69. The molecule has 1 aliphatic heterocycles. The number of hydrogen-bond donors (Lipinski definition) is 2. The van der Waals surface area contributed by atoms with Gasteiger partial charge in [-0.2, -0.15) is 0 Å². The van der Waals surface area contributed by atoms with Crippen LogP contribution in [0.3, 0.4) is 0 Å². The molecule has 3 rings (SSSR count). The van der Waals surface area contributed by atoms with Crippen molar-refractivity contribution >= 4 is 11.6 Å². The number of hydrogen-bond acceptors (Lipinski definition) is 5. The van der Waals surface area contributed by atoms with Gasteiger partial charge in [0.25, 0.3) is 0 Å². The van der Waals surface area contributed by atoms with Crippen LogP contribution in [0.2, 0.25) is 0 Å². The molecule has 0 unspecified atom stereocenters. The summed E-state index contributed by atoms with van der Waals surface area (Å²) in [5.41, 5.74) is 0. The van der Waals surface area contributed by atoms with Crippen LogP contribution in [0.25, 0.3) is 0 Å². The zero-order valence-corrected chi connectivity index (χ0v) is 13.1. The Hall–Kier alpha value is -1.36. The first kappa shape index (κ1) is 14.6. The van der Waals surface area contributed by atoms with E-state index in [0.717, 1.165) is 43.5 Å². The van der Waals surface area contributed by atoms with Crippen molar-refractivity contribution in [2.75, 3.05) is 43.4 Å². The highest BCUT2D eigenvalue weighted by Gasteiger charge is 2.27. The van der Waals surface area contributed by atoms with E-state index < -0.39 is 0 Å². The lowest BCUT2D eigenvalue weighted by Gasteiger charge is -2.16. The second kappa shape index (κ2) is 7.07. The van der Waals surface area contributed by atoms with Crippen molar-refractivity contribution in [1.29, 1.82) is 0 Å². The van der Waals surface area contributed by atoms with Crippen molar-refractivity contribution in [3.63, 3.8) is 0 Å². The molecule has 1 aromatic heterocycles. The van der Waals surface area contributed by atoms with Gasteiger partial charge in [-0.25, -0.2) is 9.97 Å². The zero-order chi connectivity index (χ0) is 14.5. The molecule has 116 valence electrons. The summed E-state index contributed by atoms with van der Waals surface area (Å²) in [6.07, 6.45) is 6.30. The number of nitrogens with one attached hydrogen (secondary N) is 2. The van der Waals surface area contributed by atoms with Crippen molar-refractivity contribution in [1.82, 2.24) is 14.9 Å². The Labute approximate surface area is 127 Å². The second-order valence-electron chi connectivity index (χ2n) is 6.17. The average Bonchev–Trinajstić information content (AvgIpc) is 3.23. The van der Waals surface area contributed by atoms with Crippen LogP contribution in [0.1, 0.15) is 50.8 Å². The van der Waals surface area contributed by atoms with Gasteiger partial charge >= 0.3 is 0 Å². The summed E-state index contributed by atoms with van der Waals surface area (Å²) in [6.45, 7) is 7.72. The van der Waals surface area contributed by atoms with Crippen molar-refractivity contribution in [2.24, 2.45) is 0 Å². The fraction of sp³-hybridized carbons (Fsp3) is 0.750. The third kappa shape index (κ3) is 4.30. The van der Waals surface area contributed by atoms with Crippen molar-refractivity contribution in [3.05, 3.63) is 11.9 Å². The molecule has 0 aromatic carbocycles. The quantitative estimate of drug-likeness (QED) is 0.770. The number of rotatable bonds is 8. The summed E-state index contributed by atoms with van der Waals surface area (Å²) in [6, 6.07) is 2.05. The van der Waals surface area contributed by atoms with Gasteiger partial charge in [-0.15, -0.1) is 0 Å². The van der Waals surface area contributed by atoms with E-state index in [1.807, 2.05) is 6.07 Å². The summed E-state index contributed by atoms with van der Waals surface area (Å²) in [4.78, 5) is 11.9. The third-order valence-corrected chi connectivity index (χ3v) is 4.17. The van der Waals surface area contributed by atoms with Gasteiger partial charge in [0.2, 0.25) is 0 Å². The summed E-state index contributed by atoms with van der Waals surface area (Å²) in [7, 11) is 0. The predicted molar refractivity (Wildman–Crippen MR) is 87.0 cm³/mol. The van der Waals surface area contributed by atoms with Gasteiger partial charge in [-0.3, -0.25) is 0 Å². The molecule has 21 heavy (non-hydrogen) atoms. The van der Waals surface area contributed by atoms with Crippen LogP contribution in [0.5, 0.6) is 0 Å². The lowest BCUT2D eigenvalue weighted by atomic mass is 10.3. The molecule has 5 heteroatoms. The molecule has 1 saturated heterocycles. The summed E-state index contributed by atoms with van der Waals surface area (Å²) < 4.78 is 0. The Bertz CT molecular complexity index is 452. The molecule has 1 saturated carbocycles. The van der Waals surface area contributed by atoms with Gasteiger partial charge in [0, 0.05) is 31.6 Å². The first-order valence-corrected chi connectivity index (χ1v) is 8.44. The van der Waals surface area contributed by atoms with Gasteiger partial charge < -0.3 is 15.5 Å². The maximum atomic E-state index is 4.69. The molecule has 0 spiro atoms. The van der Waals surface area contributed by atoms with Gasteiger partial charge in [0.15, 0.2) is 0 Å². The van der Waals surface area contributed by atoms with Crippen LogP contribution < -0.4 is 10.6 Å². The SMILES string of the molecule is CCCNc1cc(NCCN2CCCC2)nc(C2CC2)n1. The topological polar surface area (TPSA) is 53.1 Å². The van der Waals surface area contributed by atoms with E-state index in [1.165, 1.54) is 38.8 Å². The Morgan fingerprint density at radius 3 is 2.38 bits per heavy atom. The molecular weight excluding hydrogens is 262 g/mol. The first-order valence-electron chi connectivity index (χ1n) is 8.44. The van der Waals surface area contributed by atoms with E-state index in [0.29, 0.717) is 5.92 Å². The number of nitrogens with zero attached hydrogens (tertiary/aromatic N) is 3. The van der Waals surface area contributed by atoms with E-state index in [4.69, 9.17) is 0 Å². The lowest BCUT2D eigenvalue weighted by Crippen LogP contribution is -2.26. The molecule has 2 heterocycles. The minimum absolute atomic E-state index is 0.590. The average molecular weight is 289 g/mol. The van der Waals surface area contributed by atoms with E-state index in [2.05, 4.69) is 32.4 Å². The van der Waals surface area contributed by atoms with Crippen molar-refractivity contribution in [3.8, 4) is 0 Å². The van der Waals surface area contributed by atoms with Crippen LogP contribution in [-0.2, 0) is 0 Å². The summed E-state index contributed by atoms with van der Waals surface area (Å²) >= 11 is 0. The highest BCUT2D eigenvalue weighted by Crippen LogP contribution is 2.38. The molecule has 0 atom stereocenters. The molecule has 2 fully saturated rings. The molecule has 1 aromatic rings. The highest BCUT2D eigenvalue weighted by atomic mass is 15.2. The molecule has 0 bridgehead atoms. The second-order valence-corrected chi connectivity index (χ2v) is 6.17. The van der Waals surface area contributed by atoms with Crippen molar-refractivity contribution < 1.29 is 0 Å². The minimum atomic E-state index is 0.590. The van der Waals surface area contributed by atoms with Crippen LogP contribution in [0.15, 0.2) is 6.07 Å². The molecule has 5 nitrogen and oxygen atoms in total. The number of aromatic nitrogens is 2. The molecule has 1 aliphatic carbocycles. The maximum Gasteiger partial charge on any atom is 0.136 e. The smallest absolute Gasteiger partial charge is 0.136 e. The Morgan fingerprint density at radius 1 is 1.10 bits per heavy atom. The molecule has 2 aliphatic rings. The summed E-state index contributed by atoms with van der Waals surface area (Å²) in [5.74, 6) is 3.55. The molecular formula is C16H27N5. The van der Waals surface area contributed by atoms with Crippen LogP contribution in [0, 0.1) is 0 Å². The monoisotopic (exact) mass is 289 g/mol. The van der Waals surface area contributed by atoms with Crippen LogP contribution in [-0.4, -0.2) is 47.6 Å². The fourth-order valence-corrected chi connectivity index (χ4v) is 2.77. The van der Waals surface area contributed by atoms with Gasteiger partial charge in [0.05, 0.1) is 0 Å². The predicted octanol–water partition coefficient (Wildman–Crippen LogP) is 2.68. The lowest BCUT2D eigenvalue weighted by molar-refractivity contribution is 0.352. The van der Waals surface area contributed by atoms with E-state index in [1.54, 1.807) is 0 Å². The summed E-state index contributed by atoms with van der Waals surface area (Å²) in [5, 5.41) is 6.87. The largest absolute Gasteiger partial charge is 0.370 e.